The van der Waals surface area contributed by atoms with Gasteiger partial charge in [0.2, 0.25) is 0 Å². The van der Waals surface area contributed by atoms with E-state index in [1.165, 1.54) is 0 Å². The molecule has 0 bridgehead atoms. The first kappa shape index (κ1) is 21.4. The van der Waals surface area contributed by atoms with E-state index in [2.05, 4.69) is 14.2 Å². The molecule has 0 unspecified atom stereocenters. The smallest absolute Gasteiger partial charge is 0.416 e. The number of anilines is 1. The van der Waals surface area contributed by atoms with E-state index < -0.39 is 60.8 Å². The van der Waals surface area contributed by atoms with Crippen LogP contribution in [0.1, 0.15) is 5.56 Å². The number of ether oxygens (including phenoxy) is 4. The van der Waals surface area contributed by atoms with Crippen molar-refractivity contribution in [2.75, 3.05) is 32.5 Å². The molecule has 28 heavy (non-hydrogen) atoms. The highest BCUT2D eigenvalue weighted by Gasteiger charge is 2.37. The lowest BCUT2D eigenvalue weighted by Crippen LogP contribution is -2.39. The second-order valence-corrected chi connectivity index (χ2v) is 5.27. The maximum absolute atomic E-state index is 13.1. The normalized spacial score (nSPS) is 14.9. The van der Waals surface area contributed by atoms with Gasteiger partial charge >= 0.3 is 24.7 Å². The monoisotopic (exact) mass is 411 g/mol. The lowest BCUT2D eigenvalue weighted by atomic mass is 10.1. The Morgan fingerprint density at radius 1 is 1.14 bits per heavy atom. The van der Waals surface area contributed by atoms with E-state index in [1.54, 1.807) is 0 Å². The van der Waals surface area contributed by atoms with Gasteiger partial charge < -0.3 is 23.8 Å². The maximum Gasteiger partial charge on any atom is 0.416 e. The van der Waals surface area contributed by atoms with Gasteiger partial charge in [-0.2, -0.15) is 22.0 Å². The van der Waals surface area contributed by atoms with Crippen LogP contribution in [0.15, 0.2) is 29.5 Å². The van der Waals surface area contributed by atoms with E-state index in [-0.39, 0.29) is 5.57 Å². The fourth-order valence-electron chi connectivity index (χ4n) is 2.43. The first-order chi connectivity index (χ1) is 13.1. The predicted molar refractivity (Wildman–Crippen MR) is 82.4 cm³/mol. The predicted octanol–water partition coefficient (Wildman–Crippen LogP) is 2.70. The lowest BCUT2D eigenvalue weighted by Gasteiger charge is -2.32. The summed E-state index contributed by atoms with van der Waals surface area (Å²) in [6.07, 6.45) is -4.81. The molecule has 0 aromatic heterocycles. The van der Waals surface area contributed by atoms with Gasteiger partial charge in [-0.25, -0.2) is 9.59 Å². The Labute approximate surface area is 155 Å². The number of carbonyl (C=O) groups is 2. The average Bonchev–Trinajstić information content (AvgIpc) is 2.65. The summed E-state index contributed by atoms with van der Waals surface area (Å²) in [5, 5.41) is 0. The molecule has 1 heterocycles. The molecule has 1 aromatic carbocycles. The van der Waals surface area contributed by atoms with Crippen molar-refractivity contribution in [3.05, 3.63) is 35.0 Å². The summed E-state index contributed by atoms with van der Waals surface area (Å²) >= 11 is 0. The number of benzene rings is 1. The Morgan fingerprint density at radius 2 is 1.79 bits per heavy atom. The van der Waals surface area contributed by atoms with Crippen molar-refractivity contribution in [1.29, 1.82) is 0 Å². The largest absolute Gasteiger partial charge is 0.466 e. The molecule has 0 N–H and O–H groups in total. The summed E-state index contributed by atoms with van der Waals surface area (Å²) in [5.74, 6) is -2.78. The quantitative estimate of drug-likeness (QED) is 0.545. The number of esters is 2. The van der Waals surface area contributed by atoms with Crippen molar-refractivity contribution < 1.29 is 50.5 Å². The van der Waals surface area contributed by atoms with E-state index in [0.717, 1.165) is 19.1 Å². The lowest BCUT2D eigenvalue weighted by molar-refractivity contribution is -0.140. The molecule has 0 saturated heterocycles. The summed E-state index contributed by atoms with van der Waals surface area (Å²) in [4.78, 5) is 24.9. The molecule has 2 rings (SSSR count). The molecule has 0 amide bonds. The van der Waals surface area contributed by atoms with E-state index in [9.17, 15) is 31.5 Å². The van der Waals surface area contributed by atoms with Gasteiger partial charge in [0.25, 0.3) is 0 Å². The van der Waals surface area contributed by atoms with Crippen molar-refractivity contribution >= 4 is 17.6 Å². The number of methoxy groups -OCH3 is 2. The number of halogens is 5. The van der Waals surface area contributed by atoms with Gasteiger partial charge in [-0.05, 0) is 18.2 Å². The van der Waals surface area contributed by atoms with Crippen LogP contribution in [0.5, 0.6) is 5.75 Å². The van der Waals surface area contributed by atoms with Crippen molar-refractivity contribution in [3.8, 4) is 5.75 Å². The highest BCUT2D eigenvalue weighted by molar-refractivity contribution is 6.03. The Morgan fingerprint density at radius 3 is 2.32 bits per heavy atom. The Balaban J connectivity index is 2.70. The third-order valence-electron chi connectivity index (χ3n) is 3.63. The number of carbonyl (C=O) groups excluding carboxylic acids is 2. The molecule has 154 valence electrons. The van der Waals surface area contributed by atoms with Crippen LogP contribution < -0.4 is 9.64 Å². The first-order valence-electron chi connectivity index (χ1n) is 7.51. The average molecular weight is 411 g/mol. The van der Waals surface area contributed by atoms with Crippen LogP contribution in [0.25, 0.3) is 0 Å². The third kappa shape index (κ3) is 4.50. The van der Waals surface area contributed by atoms with Gasteiger partial charge in [0.1, 0.15) is 18.2 Å². The topological polar surface area (TPSA) is 74.3 Å². The molecule has 0 aliphatic carbocycles. The van der Waals surface area contributed by atoms with Crippen LogP contribution in [-0.4, -0.2) is 46.1 Å². The first-order valence-corrected chi connectivity index (χ1v) is 7.51. The SMILES string of the molecule is COC(=O)C1=C(C(=O)OC)N(c2cc(C(F)(F)F)ccc2OC(F)F)COC1. The molecule has 1 aliphatic heterocycles. The Kier molecular flexibility index (Phi) is 6.44. The fourth-order valence-corrected chi connectivity index (χ4v) is 2.43. The van der Waals surface area contributed by atoms with Crippen molar-refractivity contribution in [1.82, 2.24) is 0 Å². The third-order valence-corrected chi connectivity index (χ3v) is 3.63. The van der Waals surface area contributed by atoms with Crippen LogP contribution in [0.3, 0.4) is 0 Å². The van der Waals surface area contributed by atoms with E-state index >= 15 is 0 Å². The van der Waals surface area contributed by atoms with Crippen LogP contribution in [-0.2, 0) is 30.0 Å². The zero-order chi connectivity index (χ0) is 21.1. The molecule has 0 saturated carbocycles. The van der Waals surface area contributed by atoms with E-state index in [4.69, 9.17) is 4.74 Å². The molecule has 0 radical (unpaired) electrons. The number of hydrogen-bond acceptors (Lipinski definition) is 7. The summed E-state index contributed by atoms with van der Waals surface area (Å²) in [6.45, 7) is -4.30. The molecule has 0 spiro atoms. The molecular formula is C16H14F5NO6. The fraction of sp³-hybridized carbons (Fsp3) is 0.375. The minimum absolute atomic E-state index is 0.360. The van der Waals surface area contributed by atoms with Gasteiger partial charge in [-0.15, -0.1) is 0 Å². The number of rotatable bonds is 5. The second kappa shape index (κ2) is 8.42. The summed E-state index contributed by atoms with van der Waals surface area (Å²) in [5.41, 5.74) is -2.64. The standard InChI is InChI=1S/C16H14F5NO6/c1-25-13(23)9-6-27-7-22(12(9)14(24)26-2)10-5-8(16(19,20)21)3-4-11(10)28-15(17)18/h3-5,15H,6-7H2,1-2H3. The van der Waals surface area contributed by atoms with Crippen LogP contribution >= 0.6 is 0 Å². The summed E-state index contributed by atoms with van der Waals surface area (Å²) in [7, 11) is 1.99. The van der Waals surface area contributed by atoms with Crippen molar-refractivity contribution in [2.24, 2.45) is 0 Å². The molecule has 0 atom stereocenters. The highest BCUT2D eigenvalue weighted by Crippen LogP contribution is 2.40. The van der Waals surface area contributed by atoms with Crippen LogP contribution in [0, 0.1) is 0 Å². The van der Waals surface area contributed by atoms with Gasteiger partial charge in [-0.3, -0.25) is 0 Å². The zero-order valence-corrected chi connectivity index (χ0v) is 14.5. The van der Waals surface area contributed by atoms with Crippen LogP contribution in [0.4, 0.5) is 27.6 Å². The Bertz CT molecular complexity index is 792. The zero-order valence-electron chi connectivity index (χ0n) is 14.5. The van der Waals surface area contributed by atoms with E-state index in [1.807, 2.05) is 0 Å². The highest BCUT2D eigenvalue weighted by atomic mass is 19.4. The molecule has 7 nitrogen and oxygen atoms in total. The van der Waals surface area contributed by atoms with Gasteiger partial charge in [-0.1, -0.05) is 0 Å². The van der Waals surface area contributed by atoms with E-state index in [0.29, 0.717) is 18.2 Å². The summed E-state index contributed by atoms with van der Waals surface area (Å²) in [6, 6.07) is 1.70. The Hall–Kier alpha value is -2.89. The maximum atomic E-state index is 13.1. The molecule has 12 heteroatoms. The van der Waals surface area contributed by atoms with Gasteiger partial charge in [0.15, 0.2) is 0 Å². The van der Waals surface area contributed by atoms with Crippen molar-refractivity contribution in [3.63, 3.8) is 0 Å². The second-order valence-electron chi connectivity index (χ2n) is 5.27. The molecule has 1 aliphatic rings. The van der Waals surface area contributed by atoms with Crippen molar-refractivity contribution in [2.45, 2.75) is 12.8 Å². The minimum Gasteiger partial charge on any atom is -0.466 e. The molecule has 1 aromatic rings. The molecular weight excluding hydrogens is 397 g/mol. The summed E-state index contributed by atoms with van der Waals surface area (Å²) < 4.78 is 83.2. The van der Waals surface area contributed by atoms with Gasteiger partial charge in [0.05, 0.1) is 37.7 Å². The number of hydrogen-bond donors (Lipinski definition) is 0. The van der Waals surface area contributed by atoms with Gasteiger partial charge in [0, 0.05) is 0 Å². The molecule has 0 fully saturated rings. The number of alkyl halides is 5. The number of nitrogens with zero attached hydrogens (tertiary/aromatic N) is 1. The minimum atomic E-state index is -4.81. The van der Waals surface area contributed by atoms with Crippen LogP contribution in [0.2, 0.25) is 0 Å².